The van der Waals surface area contributed by atoms with Gasteiger partial charge in [0.15, 0.2) is 5.78 Å². The Morgan fingerprint density at radius 3 is 2.22 bits per heavy atom. The van der Waals surface area contributed by atoms with E-state index in [-0.39, 0.29) is 11.4 Å². The Hall–Kier alpha value is -1.31. The second-order valence-corrected chi connectivity index (χ2v) is 5.62. The summed E-state index contributed by atoms with van der Waals surface area (Å²) in [5.74, 6) is 1.04. The molecule has 0 heterocycles. The Labute approximate surface area is 110 Å². The Morgan fingerprint density at radius 1 is 1.11 bits per heavy atom. The molecule has 0 saturated heterocycles. The standard InChI is InChI=1S/C16H24O2/c1-5-6-7-8-15(17)13-9-11-14(12-10-13)18-16(2,3)4/h9-12H,5-8H2,1-4H3. The zero-order valence-corrected chi connectivity index (χ0v) is 12.0. The highest BCUT2D eigenvalue weighted by atomic mass is 16.5. The molecule has 0 bridgehead atoms. The number of carbonyl (C=O) groups is 1. The molecule has 0 aliphatic carbocycles. The molecule has 0 aliphatic rings. The van der Waals surface area contributed by atoms with Crippen LogP contribution < -0.4 is 4.74 Å². The van der Waals surface area contributed by atoms with E-state index in [1.54, 1.807) is 0 Å². The summed E-state index contributed by atoms with van der Waals surface area (Å²) in [5.41, 5.74) is 0.583. The van der Waals surface area contributed by atoms with Crippen molar-refractivity contribution < 1.29 is 9.53 Å². The summed E-state index contributed by atoms with van der Waals surface area (Å²) in [5, 5.41) is 0. The largest absolute Gasteiger partial charge is 0.488 e. The van der Waals surface area contributed by atoms with Gasteiger partial charge in [0.05, 0.1) is 0 Å². The van der Waals surface area contributed by atoms with E-state index in [2.05, 4.69) is 6.92 Å². The van der Waals surface area contributed by atoms with E-state index in [4.69, 9.17) is 4.74 Å². The first-order valence-corrected chi connectivity index (χ1v) is 6.74. The summed E-state index contributed by atoms with van der Waals surface area (Å²) in [6.07, 6.45) is 3.89. The Kier molecular flexibility index (Phi) is 5.39. The van der Waals surface area contributed by atoms with Crippen LogP contribution in [0.15, 0.2) is 24.3 Å². The first-order chi connectivity index (χ1) is 8.42. The lowest BCUT2D eigenvalue weighted by Gasteiger charge is -2.21. The van der Waals surface area contributed by atoms with Crippen molar-refractivity contribution in [2.75, 3.05) is 0 Å². The van der Waals surface area contributed by atoms with Gasteiger partial charge in [-0.1, -0.05) is 19.8 Å². The average Bonchev–Trinajstić information content (AvgIpc) is 2.28. The summed E-state index contributed by atoms with van der Waals surface area (Å²) in [4.78, 5) is 11.9. The first-order valence-electron chi connectivity index (χ1n) is 6.74. The summed E-state index contributed by atoms with van der Waals surface area (Å²) in [6, 6.07) is 7.46. The molecule has 0 aliphatic heterocycles. The van der Waals surface area contributed by atoms with Gasteiger partial charge in [0.2, 0.25) is 0 Å². The lowest BCUT2D eigenvalue weighted by Crippen LogP contribution is -2.22. The van der Waals surface area contributed by atoms with Gasteiger partial charge in [-0.25, -0.2) is 0 Å². The zero-order valence-electron chi connectivity index (χ0n) is 12.0. The maximum Gasteiger partial charge on any atom is 0.162 e. The highest BCUT2D eigenvalue weighted by molar-refractivity contribution is 5.96. The Morgan fingerprint density at radius 2 is 1.72 bits per heavy atom. The fourth-order valence-electron chi connectivity index (χ4n) is 1.74. The Bertz CT molecular complexity index is 371. The van der Waals surface area contributed by atoms with Gasteiger partial charge in [-0.2, -0.15) is 0 Å². The normalized spacial score (nSPS) is 11.3. The fourth-order valence-corrected chi connectivity index (χ4v) is 1.74. The number of Topliss-reactive ketones (excluding diaryl/α,β-unsaturated/α-hetero) is 1. The number of benzene rings is 1. The third-order valence-corrected chi connectivity index (χ3v) is 2.61. The topological polar surface area (TPSA) is 26.3 Å². The lowest BCUT2D eigenvalue weighted by atomic mass is 10.0. The molecule has 0 radical (unpaired) electrons. The molecule has 1 rings (SSSR count). The number of ketones is 1. The van der Waals surface area contributed by atoms with Gasteiger partial charge in [0, 0.05) is 12.0 Å². The number of ether oxygens (including phenoxy) is 1. The summed E-state index contributed by atoms with van der Waals surface area (Å²) in [7, 11) is 0. The molecule has 18 heavy (non-hydrogen) atoms. The van der Waals surface area contributed by atoms with Crippen molar-refractivity contribution in [2.45, 2.75) is 59.0 Å². The van der Waals surface area contributed by atoms with E-state index in [1.165, 1.54) is 0 Å². The molecular formula is C16H24O2. The molecular weight excluding hydrogens is 224 g/mol. The van der Waals surface area contributed by atoms with Crippen LogP contribution in [0.5, 0.6) is 5.75 Å². The van der Waals surface area contributed by atoms with Gasteiger partial charge in [-0.3, -0.25) is 4.79 Å². The quantitative estimate of drug-likeness (QED) is 0.542. The van der Waals surface area contributed by atoms with Crippen LogP contribution in [-0.2, 0) is 0 Å². The molecule has 0 N–H and O–H groups in total. The molecule has 2 nitrogen and oxygen atoms in total. The molecule has 1 aromatic carbocycles. The summed E-state index contributed by atoms with van der Waals surface area (Å²) in [6.45, 7) is 8.17. The van der Waals surface area contributed by atoms with Crippen LogP contribution in [0.1, 0.15) is 63.7 Å². The number of carbonyl (C=O) groups excluding carboxylic acids is 1. The van der Waals surface area contributed by atoms with Gasteiger partial charge in [-0.15, -0.1) is 0 Å². The van der Waals surface area contributed by atoms with E-state index in [9.17, 15) is 4.79 Å². The predicted octanol–water partition coefficient (Wildman–Crippen LogP) is 4.63. The van der Waals surface area contributed by atoms with Crippen molar-refractivity contribution in [1.29, 1.82) is 0 Å². The number of unbranched alkanes of at least 4 members (excludes halogenated alkanes) is 2. The van der Waals surface area contributed by atoms with Crippen molar-refractivity contribution in [3.63, 3.8) is 0 Å². The number of hydrogen-bond donors (Lipinski definition) is 0. The van der Waals surface area contributed by atoms with Crippen molar-refractivity contribution in [1.82, 2.24) is 0 Å². The van der Waals surface area contributed by atoms with Gasteiger partial charge in [0.25, 0.3) is 0 Å². The van der Waals surface area contributed by atoms with E-state index < -0.39 is 0 Å². The molecule has 100 valence electrons. The fraction of sp³-hybridized carbons (Fsp3) is 0.562. The third kappa shape index (κ3) is 5.35. The third-order valence-electron chi connectivity index (χ3n) is 2.61. The van der Waals surface area contributed by atoms with Crippen LogP contribution in [0, 0.1) is 0 Å². The molecule has 0 saturated carbocycles. The average molecular weight is 248 g/mol. The second kappa shape index (κ2) is 6.58. The molecule has 0 atom stereocenters. The maximum absolute atomic E-state index is 11.9. The first kappa shape index (κ1) is 14.7. The molecule has 0 amide bonds. The zero-order chi connectivity index (χ0) is 13.6. The minimum absolute atomic E-state index is 0.202. The smallest absolute Gasteiger partial charge is 0.162 e. The minimum atomic E-state index is -0.202. The molecule has 0 fully saturated rings. The molecule has 0 aromatic heterocycles. The molecule has 1 aromatic rings. The maximum atomic E-state index is 11.9. The van der Waals surface area contributed by atoms with E-state index in [0.717, 1.165) is 30.6 Å². The second-order valence-electron chi connectivity index (χ2n) is 5.62. The molecule has 0 unspecified atom stereocenters. The molecule has 2 heteroatoms. The number of hydrogen-bond acceptors (Lipinski definition) is 2. The van der Waals surface area contributed by atoms with Crippen molar-refractivity contribution >= 4 is 5.78 Å². The van der Waals surface area contributed by atoms with Crippen molar-refractivity contribution in [3.8, 4) is 5.75 Å². The van der Waals surface area contributed by atoms with Crippen LogP contribution in [0.2, 0.25) is 0 Å². The lowest BCUT2D eigenvalue weighted by molar-refractivity contribution is 0.0979. The van der Waals surface area contributed by atoms with Gasteiger partial charge < -0.3 is 4.74 Å². The predicted molar refractivity (Wildman–Crippen MR) is 75.3 cm³/mol. The highest BCUT2D eigenvalue weighted by Gasteiger charge is 2.12. The summed E-state index contributed by atoms with van der Waals surface area (Å²) < 4.78 is 5.72. The van der Waals surface area contributed by atoms with Crippen LogP contribution in [0.25, 0.3) is 0 Å². The molecule has 0 spiro atoms. The summed E-state index contributed by atoms with van der Waals surface area (Å²) >= 11 is 0. The highest BCUT2D eigenvalue weighted by Crippen LogP contribution is 2.19. The monoisotopic (exact) mass is 248 g/mol. The minimum Gasteiger partial charge on any atom is -0.488 e. The Balaban J connectivity index is 2.57. The van der Waals surface area contributed by atoms with Crippen molar-refractivity contribution in [2.24, 2.45) is 0 Å². The van der Waals surface area contributed by atoms with Crippen LogP contribution in [0.4, 0.5) is 0 Å². The van der Waals surface area contributed by atoms with Crippen molar-refractivity contribution in [3.05, 3.63) is 29.8 Å². The number of rotatable bonds is 6. The SMILES string of the molecule is CCCCCC(=O)c1ccc(OC(C)(C)C)cc1. The van der Waals surface area contributed by atoms with Crippen LogP contribution >= 0.6 is 0 Å². The van der Waals surface area contributed by atoms with E-state index in [1.807, 2.05) is 45.0 Å². The van der Waals surface area contributed by atoms with E-state index >= 15 is 0 Å². The van der Waals surface area contributed by atoms with Gasteiger partial charge in [-0.05, 0) is 51.5 Å². The van der Waals surface area contributed by atoms with Crippen LogP contribution in [-0.4, -0.2) is 11.4 Å². The van der Waals surface area contributed by atoms with Crippen LogP contribution in [0.3, 0.4) is 0 Å². The van der Waals surface area contributed by atoms with E-state index in [0.29, 0.717) is 6.42 Å². The van der Waals surface area contributed by atoms with Gasteiger partial charge >= 0.3 is 0 Å². The van der Waals surface area contributed by atoms with Gasteiger partial charge in [0.1, 0.15) is 11.4 Å².